The molecule has 0 radical (unpaired) electrons. The Bertz CT molecular complexity index is 661. The molecular weight excluding hydrogens is 324 g/mol. The average molecular weight is 348 g/mol. The van der Waals surface area contributed by atoms with Gasteiger partial charge in [0.05, 0.1) is 17.4 Å². The number of hydrogen-bond donors (Lipinski definition) is 2. The summed E-state index contributed by atoms with van der Waals surface area (Å²) >= 11 is 1.62. The van der Waals surface area contributed by atoms with E-state index in [1.165, 1.54) is 24.1 Å². The summed E-state index contributed by atoms with van der Waals surface area (Å²) in [6, 6.07) is 0.558. The van der Waals surface area contributed by atoms with Gasteiger partial charge in [0.15, 0.2) is 5.69 Å². The van der Waals surface area contributed by atoms with Crippen LogP contribution in [0.5, 0.6) is 0 Å². The van der Waals surface area contributed by atoms with Crippen LogP contribution in [0.25, 0.3) is 0 Å². The normalized spacial score (nSPS) is 17.8. The molecular formula is C16H24N6OS. The topological polar surface area (TPSA) is 84.7 Å². The van der Waals surface area contributed by atoms with Gasteiger partial charge in [0, 0.05) is 30.4 Å². The van der Waals surface area contributed by atoms with Crippen molar-refractivity contribution in [3.8, 4) is 0 Å². The SMILES string of the molecule is Cc1ncsc1CCNC(=O)c1cn(CC[C@@H]2CCCCN2)nn1. The molecule has 2 aromatic rings. The number of rotatable bonds is 7. The van der Waals surface area contributed by atoms with E-state index in [0.29, 0.717) is 18.3 Å². The predicted octanol–water partition coefficient (Wildman–Crippen LogP) is 1.55. The molecule has 7 nitrogen and oxygen atoms in total. The van der Waals surface area contributed by atoms with Crippen molar-refractivity contribution in [1.29, 1.82) is 0 Å². The highest BCUT2D eigenvalue weighted by molar-refractivity contribution is 7.09. The van der Waals surface area contributed by atoms with Gasteiger partial charge < -0.3 is 10.6 Å². The number of piperidine rings is 1. The maximum absolute atomic E-state index is 12.1. The molecule has 1 atom stereocenters. The van der Waals surface area contributed by atoms with Crippen molar-refractivity contribution in [1.82, 2.24) is 30.6 Å². The fourth-order valence-electron chi connectivity index (χ4n) is 2.92. The van der Waals surface area contributed by atoms with E-state index in [-0.39, 0.29) is 5.91 Å². The van der Waals surface area contributed by atoms with Crippen LogP contribution in [0.3, 0.4) is 0 Å². The van der Waals surface area contributed by atoms with E-state index < -0.39 is 0 Å². The Morgan fingerprint density at radius 1 is 1.50 bits per heavy atom. The molecule has 0 aromatic carbocycles. The van der Waals surface area contributed by atoms with Crippen LogP contribution in [0.1, 0.15) is 46.7 Å². The molecule has 1 saturated heterocycles. The minimum Gasteiger partial charge on any atom is -0.350 e. The fourth-order valence-corrected chi connectivity index (χ4v) is 3.70. The second kappa shape index (κ2) is 8.34. The van der Waals surface area contributed by atoms with Gasteiger partial charge in [-0.15, -0.1) is 16.4 Å². The fraction of sp³-hybridized carbons (Fsp3) is 0.625. The van der Waals surface area contributed by atoms with E-state index in [2.05, 4.69) is 25.9 Å². The van der Waals surface area contributed by atoms with E-state index in [1.807, 2.05) is 12.4 Å². The summed E-state index contributed by atoms with van der Waals surface area (Å²) in [5.41, 5.74) is 3.25. The molecule has 1 aliphatic heterocycles. The molecule has 0 unspecified atom stereocenters. The lowest BCUT2D eigenvalue weighted by Crippen LogP contribution is -2.34. The number of aromatic nitrogens is 4. The Hall–Kier alpha value is -1.80. The van der Waals surface area contributed by atoms with Crippen molar-refractivity contribution < 1.29 is 4.79 Å². The number of carbonyl (C=O) groups excluding carboxylic acids is 1. The highest BCUT2D eigenvalue weighted by Gasteiger charge is 2.14. The highest BCUT2D eigenvalue weighted by atomic mass is 32.1. The van der Waals surface area contributed by atoms with Crippen LogP contribution in [0.2, 0.25) is 0 Å². The molecule has 0 aliphatic carbocycles. The summed E-state index contributed by atoms with van der Waals surface area (Å²) in [7, 11) is 0. The monoisotopic (exact) mass is 348 g/mol. The lowest BCUT2D eigenvalue weighted by molar-refractivity contribution is 0.0949. The van der Waals surface area contributed by atoms with Crippen molar-refractivity contribution in [2.45, 2.75) is 51.6 Å². The zero-order valence-electron chi connectivity index (χ0n) is 14.0. The molecule has 3 rings (SSSR count). The number of nitrogens with one attached hydrogen (secondary N) is 2. The summed E-state index contributed by atoms with van der Waals surface area (Å²) in [4.78, 5) is 17.5. The first-order valence-corrected chi connectivity index (χ1v) is 9.41. The van der Waals surface area contributed by atoms with Crippen molar-refractivity contribution >= 4 is 17.2 Å². The van der Waals surface area contributed by atoms with Gasteiger partial charge in [-0.1, -0.05) is 11.6 Å². The van der Waals surface area contributed by atoms with E-state index >= 15 is 0 Å². The molecule has 0 bridgehead atoms. The maximum atomic E-state index is 12.1. The Morgan fingerprint density at radius 3 is 3.17 bits per heavy atom. The van der Waals surface area contributed by atoms with Crippen LogP contribution in [0, 0.1) is 6.92 Å². The molecule has 2 aromatic heterocycles. The van der Waals surface area contributed by atoms with Gasteiger partial charge in [0.1, 0.15) is 0 Å². The summed E-state index contributed by atoms with van der Waals surface area (Å²) < 4.78 is 1.76. The standard InChI is InChI=1S/C16H24N6OS/c1-12-15(24-11-19-12)5-8-18-16(23)14-10-22(21-20-14)9-6-13-4-2-3-7-17-13/h10-11,13,17H,2-9H2,1H3,(H,18,23)/t13-/m0/s1. The second-order valence-corrected chi connectivity index (χ2v) is 7.11. The number of carbonyl (C=O) groups is 1. The summed E-state index contributed by atoms with van der Waals surface area (Å²) in [6.45, 7) is 4.47. The van der Waals surface area contributed by atoms with Crippen LogP contribution in [-0.2, 0) is 13.0 Å². The van der Waals surface area contributed by atoms with Gasteiger partial charge in [-0.3, -0.25) is 9.48 Å². The van der Waals surface area contributed by atoms with Crippen molar-refractivity contribution in [2.75, 3.05) is 13.1 Å². The zero-order valence-corrected chi connectivity index (χ0v) is 14.8. The van der Waals surface area contributed by atoms with E-state index in [0.717, 1.165) is 31.6 Å². The highest BCUT2D eigenvalue weighted by Crippen LogP contribution is 2.12. The molecule has 1 aliphatic rings. The third kappa shape index (κ3) is 4.61. The van der Waals surface area contributed by atoms with Crippen LogP contribution < -0.4 is 10.6 Å². The minimum atomic E-state index is -0.167. The van der Waals surface area contributed by atoms with Crippen LogP contribution in [-0.4, -0.2) is 45.0 Å². The third-order valence-electron chi connectivity index (χ3n) is 4.37. The molecule has 2 N–H and O–H groups in total. The lowest BCUT2D eigenvalue weighted by Gasteiger charge is -2.23. The van der Waals surface area contributed by atoms with Crippen molar-refractivity contribution in [3.63, 3.8) is 0 Å². The average Bonchev–Trinajstić information content (AvgIpc) is 3.23. The molecule has 1 amide bonds. The minimum absolute atomic E-state index is 0.167. The zero-order chi connectivity index (χ0) is 16.8. The molecule has 3 heterocycles. The molecule has 24 heavy (non-hydrogen) atoms. The van der Waals surface area contributed by atoms with Crippen LogP contribution >= 0.6 is 11.3 Å². The Labute approximate surface area is 145 Å². The summed E-state index contributed by atoms with van der Waals surface area (Å²) in [5.74, 6) is -0.167. The Morgan fingerprint density at radius 2 is 2.42 bits per heavy atom. The molecule has 0 saturated carbocycles. The van der Waals surface area contributed by atoms with Gasteiger partial charge in [0.25, 0.3) is 5.91 Å². The Kier molecular flexibility index (Phi) is 5.92. The molecule has 0 spiro atoms. The largest absolute Gasteiger partial charge is 0.350 e. The quantitative estimate of drug-likeness (QED) is 0.793. The van der Waals surface area contributed by atoms with Gasteiger partial charge in [-0.2, -0.15) is 0 Å². The van der Waals surface area contributed by atoms with Crippen molar-refractivity contribution in [3.05, 3.63) is 28.0 Å². The number of aryl methyl sites for hydroxylation is 2. The van der Waals surface area contributed by atoms with Crippen LogP contribution in [0.15, 0.2) is 11.7 Å². The molecule has 8 heteroatoms. The van der Waals surface area contributed by atoms with Crippen molar-refractivity contribution in [2.24, 2.45) is 0 Å². The number of nitrogens with zero attached hydrogens (tertiary/aromatic N) is 4. The number of hydrogen-bond acceptors (Lipinski definition) is 6. The first-order chi connectivity index (χ1) is 11.7. The molecule has 1 fully saturated rings. The van der Waals surface area contributed by atoms with Gasteiger partial charge >= 0.3 is 0 Å². The smallest absolute Gasteiger partial charge is 0.273 e. The third-order valence-corrected chi connectivity index (χ3v) is 5.37. The first-order valence-electron chi connectivity index (χ1n) is 8.53. The summed E-state index contributed by atoms with van der Waals surface area (Å²) in [6.07, 6.45) is 7.33. The second-order valence-electron chi connectivity index (χ2n) is 6.17. The van der Waals surface area contributed by atoms with E-state index in [9.17, 15) is 4.79 Å². The lowest BCUT2D eigenvalue weighted by atomic mass is 10.0. The maximum Gasteiger partial charge on any atom is 0.273 e. The predicted molar refractivity (Wildman–Crippen MR) is 93.2 cm³/mol. The van der Waals surface area contributed by atoms with E-state index in [1.54, 1.807) is 22.2 Å². The number of amides is 1. The summed E-state index contributed by atoms with van der Waals surface area (Å²) in [5, 5.41) is 14.5. The van der Waals surface area contributed by atoms with Crippen LogP contribution in [0.4, 0.5) is 0 Å². The number of thiazole rings is 1. The first kappa shape index (κ1) is 17.0. The van der Waals surface area contributed by atoms with Gasteiger partial charge in [-0.05, 0) is 32.7 Å². The van der Waals surface area contributed by atoms with Gasteiger partial charge in [0.2, 0.25) is 0 Å². The van der Waals surface area contributed by atoms with Gasteiger partial charge in [-0.25, -0.2) is 4.98 Å². The molecule has 130 valence electrons. The Balaban J connectivity index is 1.42. The van der Waals surface area contributed by atoms with E-state index in [4.69, 9.17) is 0 Å².